The molecule has 0 unspecified atom stereocenters. The van der Waals surface area contributed by atoms with Crippen molar-refractivity contribution in [1.82, 2.24) is 14.8 Å². The van der Waals surface area contributed by atoms with Crippen molar-refractivity contribution in [1.29, 1.82) is 0 Å². The van der Waals surface area contributed by atoms with Gasteiger partial charge in [0.15, 0.2) is 5.13 Å². The van der Waals surface area contributed by atoms with Gasteiger partial charge in [0.1, 0.15) is 0 Å². The summed E-state index contributed by atoms with van der Waals surface area (Å²) in [7, 11) is 0. The number of thiazole rings is 1. The predicted molar refractivity (Wildman–Crippen MR) is 95.1 cm³/mol. The number of hydrogen-bond acceptors (Lipinski definition) is 4. The van der Waals surface area contributed by atoms with Crippen molar-refractivity contribution < 1.29 is 4.79 Å². The highest BCUT2D eigenvalue weighted by Crippen LogP contribution is 2.30. The van der Waals surface area contributed by atoms with Gasteiger partial charge in [0, 0.05) is 16.1 Å². The van der Waals surface area contributed by atoms with Crippen molar-refractivity contribution in [2.24, 2.45) is 0 Å². The number of fused-ring (bicyclic) bond motifs is 1. The fourth-order valence-electron chi connectivity index (χ4n) is 3.06. The van der Waals surface area contributed by atoms with Crippen LogP contribution in [0.2, 0.25) is 0 Å². The summed E-state index contributed by atoms with van der Waals surface area (Å²) in [5, 5.41) is 8.07. The number of hydrogen-bond donors (Lipinski definition) is 1. The normalized spacial score (nSPS) is 13.1. The lowest BCUT2D eigenvalue weighted by Gasteiger charge is -2.06. The minimum atomic E-state index is -0.123. The van der Waals surface area contributed by atoms with Gasteiger partial charge in [0.2, 0.25) is 0 Å². The SMILES string of the molecule is Cc1cc(C)n(-c2ccc(C(=O)Nc3nc4c(s3)CCC4)cc2)n1. The number of amides is 1. The fraction of sp³-hybridized carbons (Fsp3) is 0.278. The molecule has 1 aliphatic carbocycles. The van der Waals surface area contributed by atoms with Crippen LogP contribution < -0.4 is 5.32 Å². The summed E-state index contributed by atoms with van der Waals surface area (Å²) >= 11 is 1.59. The molecule has 1 amide bonds. The summed E-state index contributed by atoms with van der Waals surface area (Å²) < 4.78 is 1.88. The largest absolute Gasteiger partial charge is 0.298 e. The number of nitrogens with one attached hydrogen (secondary N) is 1. The van der Waals surface area contributed by atoms with Gasteiger partial charge >= 0.3 is 0 Å². The van der Waals surface area contributed by atoms with Gasteiger partial charge in [-0.25, -0.2) is 9.67 Å². The van der Waals surface area contributed by atoms with Gasteiger partial charge in [0.25, 0.3) is 5.91 Å². The zero-order valence-corrected chi connectivity index (χ0v) is 14.5. The summed E-state index contributed by atoms with van der Waals surface area (Å²) in [6.45, 7) is 3.99. The van der Waals surface area contributed by atoms with Crippen molar-refractivity contribution >= 4 is 22.4 Å². The van der Waals surface area contributed by atoms with Crippen molar-refractivity contribution in [2.75, 3.05) is 5.32 Å². The summed E-state index contributed by atoms with van der Waals surface area (Å²) in [6, 6.07) is 9.50. The first-order chi connectivity index (χ1) is 11.6. The van der Waals surface area contributed by atoms with Crippen LogP contribution >= 0.6 is 11.3 Å². The third kappa shape index (κ3) is 2.73. The molecule has 2 aromatic heterocycles. The number of benzene rings is 1. The fourth-order valence-corrected chi connectivity index (χ4v) is 4.10. The maximum absolute atomic E-state index is 12.4. The summed E-state index contributed by atoms with van der Waals surface area (Å²) in [4.78, 5) is 18.2. The maximum atomic E-state index is 12.4. The minimum Gasteiger partial charge on any atom is -0.298 e. The predicted octanol–water partition coefficient (Wildman–Crippen LogP) is 3.69. The Morgan fingerprint density at radius 3 is 2.67 bits per heavy atom. The van der Waals surface area contributed by atoms with Crippen molar-refractivity contribution in [3.63, 3.8) is 0 Å². The highest BCUT2D eigenvalue weighted by molar-refractivity contribution is 7.16. The van der Waals surface area contributed by atoms with E-state index in [-0.39, 0.29) is 5.91 Å². The van der Waals surface area contributed by atoms with E-state index in [1.54, 1.807) is 11.3 Å². The van der Waals surface area contributed by atoms with Crippen LogP contribution in [-0.2, 0) is 12.8 Å². The summed E-state index contributed by atoms with van der Waals surface area (Å²) in [5.74, 6) is -0.123. The van der Waals surface area contributed by atoms with E-state index >= 15 is 0 Å². The van der Waals surface area contributed by atoms with Crippen LogP contribution in [0.1, 0.15) is 38.7 Å². The molecule has 1 N–H and O–H groups in total. The monoisotopic (exact) mass is 338 g/mol. The van der Waals surface area contributed by atoms with Gasteiger partial charge < -0.3 is 0 Å². The molecule has 0 saturated carbocycles. The average Bonchev–Trinajstić information content (AvgIpc) is 3.22. The van der Waals surface area contributed by atoms with Gasteiger partial charge in [-0.05, 0) is 63.4 Å². The Morgan fingerprint density at radius 1 is 1.21 bits per heavy atom. The Hall–Kier alpha value is -2.47. The second kappa shape index (κ2) is 5.87. The Bertz CT molecular complexity index is 886. The summed E-state index contributed by atoms with van der Waals surface area (Å²) in [6.07, 6.45) is 3.29. The van der Waals surface area contributed by atoms with Gasteiger partial charge in [-0.2, -0.15) is 5.10 Å². The van der Waals surface area contributed by atoms with E-state index < -0.39 is 0 Å². The molecule has 1 aromatic carbocycles. The topological polar surface area (TPSA) is 59.8 Å². The molecule has 4 rings (SSSR count). The lowest BCUT2D eigenvalue weighted by molar-refractivity contribution is 0.102. The number of nitrogens with zero attached hydrogens (tertiary/aromatic N) is 3. The number of aromatic nitrogens is 3. The lowest BCUT2D eigenvalue weighted by Crippen LogP contribution is -2.12. The molecule has 3 aromatic rings. The first-order valence-corrected chi connectivity index (χ1v) is 8.85. The first kappa shape index (κ1) is 15.1. The molecule has 6 heteroatoms. The van der Waals surface area contributed by atoms with Crippen LogP contribution in [0.4, 0.5) is 5.13 Å². The zero-order chi connectivity index (χ0) is 16.7. The molecule has 0 spiro atoms. The molecular formula is C18H18N4OS. The third-order valence-corrected chi connectivity index (χ3v) is 5.27. The zero-order valence-electron chi connectivity index (χ0n) is 13.7. The van der Waals surface area contributed by atoms with E-state index in [2.05, 4.69) is 15.4 Å². The first-order valence-electron chi connectivity index (χ1n) is 8.04. The number of rotatable bonds is 3. The van der Waals surface area contributed by atoms with Crippen molar-refractivity contribution in [3.8, 4) is 5.69 Å². The molecule has 2 heterocycles. The molecule has 0 bridgehead atoms. The van der Waals surface area contributed by atoms with Gasteiger partial charge in [-0.15, -0.1) is 11.3 Å². The Morgan fingerprint density at radius 2 is 2.00 bits per heavy atom. The molecule has 1 aliphatic rings. The van der Waals surface area contributed by atoms with Crippen molar-refractivity contribution in [3.05, 3.63) is 57.9 Å². The molecule has 0 aliphatic heterocycles. The van der Waals surface area contributed by atoms with Gasteiger partial charge in [-0.3, -0.25) is 10.1 Å². The molecule has 0 radical (unpaired) electrons. The molecule has 24 heavy (non-hydrogen) atoms. The van der Waals surface area contributed by atoms with E-state index in [0.717, 1.165) is 35.6 Å². The van der Waals surface area contributed by atoms with E-state index in [0.29, 0.717) is 10.7 Å². The minimum absolute atomic E-state index is 0.123. The van der Waals surface area contributed by atoms with E-state index in [1.807, 2.05) is 48.9 Å². The Balaban J connectivity index is 1.51. The lowest BCUT2D eigenvalue weighted by atomic mass is 10.2. The summed E-state index contributed by atoms with van der Waals surface area (Å²) in [5.41, 5.74) is 4.77. The average molecular weight is 338 g/mol. The van der Waals surface area contributed by atoms with Crippen LogP contribution in [0.3, 0.4) is 0 Å². The molecular weight excluding hydrogens is 320 g/mol. The molecule has 0 saturated heterocycles. The van der Waals surface area contributed by atoms with E-state index in [9.17, 15) is 4.79 Å². The number of anilines is 1. The Labute approximate surface area is 144 Å². The van der Waals surface area contributed by atoms with Crippen LogP contribution in [0.25, 0.3) is 5.69 Å². The van der Waals surface area contributed by atoms with Crippen molar-refractivity contribution in [2.45, 2.75) is 33.1 Å². The molecule has 5 nitrogen and oxygen atoms in total. The number of aryl methyl sites for hydroxylation is 4. The van der Waals surface area contributed by atoms with Gasteiger partial charge in [0.05, 0.1) is 17.1 Å². The maximum Gasteiger partial charge on any atom is 0.257 e. The molecule has 0 atom stereocenters. The molecule has 122 valence electrons. The van der Waals surface area contributed by atoms with E-state index in [1.165, 1.54) is 11.3 Å². The van der Waals surface area contributed by atoms with Crippen LogP contribution in [0.5, 0.6) is 0 Å². The number of carbonyl (C=O) groups excluding carboxylic acids is 1. The highest BCUT2D eigenvalue weighted by atomic mass is 32.1. The van der Waals surface area contributed by atoms with Crippen LogP contribution in [0, 0.1) is 13.8 Å². The highest BCUT2D eigenvalue weighted by Gasteiger charge is 2.18. The second-order valence-electron chi connectivity index (χ2n) is 6.08. The molecule has 0 fully saturated rings. The van der Waals surface area contributed by atoms with Crippen LogP contribution in [0.15, 0.2) is 30.3 Å². The third-order valence-electron chi connectivity index (χ3n) is 4.20. The standard InChI is InChI=1S/C18H18N4OS/c1-11-10-12(2)22(21-11)14-8-6-13(7-9-14)17(23)20-18-19-15-4-3-5-16(15)24-18/h6-10H,3-5H2,1-2H3,(H,19,20,23). The van der Waals surface area contributed by atoms with Crippen LogP contribution in [-0.4, -0.2) is 20.7 Å². The number of carbonyl (C=O) groups is 1. The van der Waals surface area contributed by atoms with E-state index in [4.69, 9.17) is 0 Å². The quantitative estimate of drug-likeness (QED) is 0.792. The Kier molecular flexibility index (Phi) is 3.69. The van der Waals surface area contributed by atoms with Gasteiger partial charge in [-0.1, -0.05) is 0 Å². The second-order valence-corrected chi connectivity index (χ2v) is 7.17. The smallest absolute Gasteiger partial charge is 0.257 e.